The molecule has 2 amide bonds. The van der Waals surface area contributed by atoms with Gasteiger partial charge in [-0.2, -0.15) is 0 Å². The van der Waals surface area contributed by atoms with Crippen LogP contribution in [-0.2, 0) is 16.0 Å². The van der Waals surface area contributed by atoms with E-state index in [0.29, 0.717) is 23.2 Å². The van der Waals surface area contributed by atoms with Gasteiger partial charge in [0.15, 0.2) is 0 Å². The topological polar surface area (TPSA) is 58.2 Å². The highest BCUT2D eigenvalue weighted by molar-refractivity contribution is 5.97. The Balaban J connectivity index is 1.40. The molecule has 4 heteroatoms. The molecule has 0 saturated heterocycles. The van der Waals surface area contributed by atoms with Crippen molar-refractivity contribution in [3.63, 3.8) is 0 Å². The van der Waals surface area contributed by atoms with Crippen LogP contribution in [0.25, 0.3) is 0 Å². The van der Waals surface area contributed by atoms with Crippen molar-refractivity contribution in [2.45, 2.75) is 65.2 Å². The van der Waals surface area contributed by atoms with Crippen molar-refractivity contribution in [1.82, 2.24) is 0 Å². The fraction of sp³-hybridized carbons (Fsp3) is 0.636. The van der Waals surface area contributed by atoms with Crippen LogP contribution in [-0.4, -0.2) is 11.8 Å². The molecule has 26 heavy (non-hydrogen) atoms. The Morgan fingerprint density at radius 2 is 1.81 bits per heavy atom. The highest BCUT2D eigenvalue weighted by Crippen LogP contribution is 2.69. The highest BCUT2D eigenvalue weighted by Gasteiger charge is 2.62. The lowest BCUT2D eigenvalue weighted by Gasteiger charge is -2.64. The van der Waals surface area contributed by atoms with Crippen molar-refractivity contribution in [2.75, 3.05) is 10.6 Å². The first-order chi connectivity index (χ1) is 12.3. The van der Waals surface area contributed by atoms with E-state index in [1.165, 1.54) is 19.3 Å². The maximum absolute atomic E-state index is 13.4. The van der Waals surface area contributed by atoms with Crippen molar-refractivity contribution in [1.29, 1.82) is 0 Å². The number of carbonyl (C=O) groups is 2. The van der Waals surface area contributed by atoms with Gasteiger partial charge in [-0.25, -0.2) is 0 Å². The van der Waals surface area contributed by atoms with E-state index in [9.17, 15) is 9.59 Å². The molecule has 4 nitrogen and oxygen atoms in total. The summed E-state index contributed by atoms with van der Waals surface area (Å²) in [7, 11) is 0. The minimum Gasteiger partial charge on any atom is -0.326 e. The van der Waals surface area contributed by atoms with Gasteiger partial charge in [0.05, 0.1) is 5.41 Å². The van der Waals surface area contributed by atoms with Crippen LogP contribution >= 0.6 is 0 Å². The summed E-state index contributed by atoms with van der Waals surface area (Å²) in [6.07, 6.45) is 8.29. The van der Waals surface area contributed by atoms with Crippen molar-refractivity contribution in [3.8, 4) is 0 Å². The summed E-state index contributed by atoms with van der Waals surface area (Å²) in [5.74, 6) is 1.01. The van der Waals surface area contributed by atoms with Crippen LogP contribution in [0.5, 0.6) is 0 Å². The molecule has 4 bridgehead atoms. The molecule has 1 aromatic carbocycles. The number of hydrogen-bond acceptors (Lipinski definition) is 2. The Kier molecular flexibility index (Phi) is 3.21. The van der Waals surface area contributed by atoms with Crippen LogP contribution in [0.4, 0.5) is 11.4 Å². The first kappa shape index (κ1) is 16.3. The Morgan fingerprint density at radius 3 is 2.50 bits per heavy atom. The molecule has 6 rings (SSSR count). The van der Waals surface area contributed by atoms with Crippen molar-refractivity contribution >= 4 is 23.2 Å². The largest absolute Gasteiger partial charge is 0.326 e. The Morgan fingerprint density at radius 1 is 1.08 bits per heavy atom. The maximum atomic E-state index is 13.4. The normalized spacial score (nSPS) is 40.1. The number of rotatable bonds is 2. The molecular formula is C22H28N2O2. The van der Waals surface area contributed by atoms with E-state index < -0.39 is 0 Å². The average Bonchev–Trinajstić information content (AvgIpc) is 2.51. The molecule has 4 fully saturated rings. The van der Waals surface area contributed by atoms with Gasteiger partial charge < -0.3 is 10.6 Å². The van der Waals surface area contributed by atoms with Gasteiger partial charge in [-0.1, -0.05) is 13.8 Å². The molecule has 0 aromatic heterocycles. The summed E-state index contributed by atoms with van der Waals surface area (Å²) in [6, 6.07) is 5.88. The molecule has 4 saturated carbocycles. The summed E-state index contributed by atoms with van der Waals surface area (Å²) in [5, 5.41) is 6.15. The van der Waals surface area contributed by atoms with Crippen LogP contribution in [0.2, 0.25) is 0 Å². The number of amides is 2. The van der Waals surface area contributed by atoms with Gasteiger partial charge in [-0.15, -0.1) is 0 Å². The van der Waals surface area contributed by atoms with Gasteiger partial charge in [0.25, 0.3) is 0 Å². The minimum atomic E-state index is -0.187. The molecule has 0 spiro atoms. The zero-order valence-electron chi connectivity index (χ0n) is 15.8. The first-order valence-corrected chi connectivity index (χ1v) is 10.0. The van der Waals surface area contributed by atoms with Crippen LogP contribution < -0.4 is 10.6 Å². The number of benzene rings is 1. The van der Waals surface area contributed by atoms with E-state index in [1.807, 2.05) is 18.2 Å². The molecule has 2 N–H and O–H groups in total. The molecule has 1 heterocycles. The van der Waals surface area contributed by atoms with E-state index in [1.54, 1.807) is 0 Å². The zero-order valence-corrected chi connectivity index (χ0v) is 15.8. The van der Waals surface area contributed by atoms with Gasteiger partial charge >= 0.3 is 0 Å². The van der Waals surface area contributed by atoms with E-state index >= 15 is 0 Å². The lowest BCUT2D eigenvalue weighted by Crippen LogP contribution is -2.58. The number of nitrogens with one attached hydrogen (secondary N) is 2. The Labute approximate surface area is 155 Å². The minimum absolute atomic E-state index is 0.0735. The van der Waals surface area contributed by atoms with Gasteiger partial charge in [-0.05, 0) is 85.5 Å². The molecule has 4 aliphatic carbocycles. The third kappa shape index (κ3) is 2.49. The number of fused-ring (bicyclic) bond motifs is 1. The van der Waals surface area contributed by atoms with E-state index in [-0.39, 0.29) is 17.2 Å². The van der Waals surface area contributed by atoms with Gasteiger partial charge in [-0.3, -0.25) is 9.59 Å². The fourth-order valence-electron chi connectivity index (χ4n) is 7.43. The molecule has 138 valence electrons. The third-order valence-corrected chi connectivity index (χ3v) is 7.37. The summed E-state index contributed by atoms with van der Waals surface area (Å²) < 4.78 is 0. The quantitative estimate of drug-likeness (QED) is 0.823. The maximum Gasteiger partial charge on any atom is 0.230 e. The van der Waals surface area contributed by atoms with E-state index in [2.05, 4.69) is 24.5 Å². The predicted molar refractivity (Wildman–Crippen MR) is 102 cm³/mol. The van der Waals surface area contributed by atoms with Gasteiger partial charge in [0.2, 0.25) is 11.8 Å². The van der Waals surface area contributed by atoms with Crippen molar-refractivity contribution < 1.29 is 9.59 Å². The summed E-state index contributed by atoms with van der Waals surface area (Å²) in [6.45, 7) is 4.80. The third-order valence-electron chi connectivity index (χ3n) is 7.37. The number of aryl methyl sites for hydroxylation is 1. The second kappa shape index (κ2) is 5.11. The SMILES string of the molecule is CC12CC3CC(C)(C1)CC(C(=O)Nc1ccc4c(c1)CCC(=O)N4)(C3)C2. The van der Waals surface area contributed by atoms with Gasteiger partial charge in [0, 0.05) is 17.8 Å². The Bertz CT molecular complexity index is 796. The first-order valence-electron chi connectivity index (χ1n) is 10.0. The summed E-state index contributed by atoms with van der Waals surface area (Å²) in [5.41, 5.74) is 3.36. The fourth-order valence-corrected chi connectivity index (χ4v) is 7.43. The van der Waals surface area contributed by atoms with E-state index in [4.69, 9.17) is 0 Å². The number of carbonyl (C=O) groups excluding carboxylic acids is 2. The van der Waals surface area contributed by atoms with Crippen molar-refractivity contribution in [2.24, 2.45) is 22.2 Å². The molecule has 1 aliphatic heterocycles. The molecule has 2 unspecified atom stereocenters. The lowest BCUT2D eigenvalue weighted by atomic mass is 9.40. The predicted octanol–water partition coefficient (Wildman–Crippen LogP) is 4.51. The van der Waals surface area contributed by atoms with Crippen LogP contribution in [0.3, 0.4) is 0 Å². The smallest absolute Gasteiger partial charge is 0.230 e. The van der Waals surface area contributed by atoms with Crippen LogP contribution in [0.1, 0.15) is 64.4 Å². The average molecular weight is 352 g/mol. The van der Waals surface area contributed by atoms with Gasteiger partial charge in [0.1, 0.15) is 0 Å². The standard InChI is InChI=1S/C22H28N2O2/c1-20-8-14-9-21(2,11-20)13-22(10-14,12-20)19(26)23-16-4-5-17-15(7-16)3-6-18(25)24-17/h4-5,7,14H,3,6,8-13H2,1-2H3,(H,23,26)(H,24,25). The second-order valence-electron chi connectivity index (χ2n) is 10.3. The number of hydrogen-bond donors (Lipinski definition) is 2. The highest BCUT2D eigenvalue weighted by atomic mass is 16.2. The monoisotopic (exact) mass is 352 g/mol. The van der Waals surface area contributed by atoms with Crippen LogP contribution in [0, 0.1) is 22.2 Å². The molecule has 0 radical (unpaired) electrons. The summed E-state index contributed by atoms with van der Waals surface area (Å²) in [4.78, 5) is 24.9. The lowest BCUT2D eigenvalue weighted by molar-refractivity contribution is -0.165. The molecule has 2 atom stereocenters. The molecule has 5 aliphatic rings. The van der Waals surface area contributed by atoms with Crippen molar-refractivity contribution in [3.05, 3.63) is 23.8 Å². The summed E-state index contributed by atoms with van der Waals surface area (Å²) >= 11 is 0. The second-order valence-corrected chi connectivity index (χ2v) is 10.3. The Hall–Kier alpha value is -1.84. The van der Waals surface area contributed by atoms with Crippen LogP contribution in [0.15, 0.2) is 18.2 Å². The van der Waals surface area contributed by atoms with E-state index in [0.717, 1.165) is 42.6 Å². The molecular weight excluding hydrogens is 324 g/mol. The number of anilines is 2. The zero-order chi connectivity index (χ0) is 18.2. The molecule has 1 aromatic rings.